The SMILES string of the molecule is COc1ccccc1-c1nc(C(=O)N2CCCc3cc(S(C)(=O)=O)ccc32)cs1. The molecule has 150 valence electrons. The van der Waals surface area contributed by atoms with Gasteiger partial charge in [-0.05, 0) is 48.7 Å². The standard InChI is InChI=1S/C21H20N2O4S2/c1-27-19-8-4-3-7-16(19)20-22-17(13-28-20)21(24)23-11-5-6-14-12-15(29(2,25)26)9-10-18(14)23/h3-4,7-10,12-13H,5-6,11H2,1-2H3. The highest BCUT2D eigenvalue weighted by Crippen LogP contribution is 2.34. The Morgan fingerprint density at radius 3 is 2.76 bits per heavy atom. The molecule has 1 aliphatic heterocycles. The number of carbonyl (C=O) groups excluding carboxylic acids is 1. The fraction of sp³-hybridized carbons (Fsp3) is 0.238. The number of nitrogens with zero attached hydrogens (tertiary/aromatic N) is 2. The number of thiazole rings is 1. The summed E-state index contributed by atoms with van der Waals surface area (Å²) in [5.41, 5.74) is 2.83. The third-order valence-corrected chi connectivity index (χ3v) is 6.89. The van der Waals surface area contributed by atoms with Gasteiger partial charge in [0.2, 0.25) is 0 Å². The molecule has 2 heterocycles. The molecule has 0 N–H and O–H groups in total. The van der Waals surface area contributed by atoms with Crippen LogP contribution in [0.15, 0.2) is 52.7 Å². The molecule has 0 atom stereocenters. The monoisotopic (exact) mass is 428 g/mol. The van der Waals surface area contributed by atoms with E-state index in [4.69, 9.17) is 4.74 Å². The highest BCUT2D eigenvalue weighted by atomic mass is 32.2. The van der Waals surface area contributed by atoms with Crippen LogP contribution in [0.3, 0.4) is 0 Å². The number of hydrogen-bond donors (Lipinski definition) is 0. The van der Waals surface area contributed by atoms with Crippen molar-refractivity contribution >= 4 is 32.8 Å². The van der Waals surface area contributed by atoms with Crippen LogP contribution in [0, 0.1) is 0 Å². The Bertz CT molecular complexity index is 1180. The zero-order valence-electron chi connectivity index (χ0n) is 16.1. The van der Waals surface area contributed by atoms with Crippen molar-refractivity contribution < 1.29 is 17.9 Å². The maximum absolute atomic E-state index is 13.2. The number of fused-ring (bicyclic) bond motifs is 1. The van der Waals surface area contributed by atoms with Crippen LogP contribution in [-0.2, 0) is 16.3 Å². The van der Waals surface area contributed by atoms with Crippen LogP contribution in [0.4, 0.5) is 5.69 Å². The Hall–Kier alpha value is -2.71. The average Bonchev–Trinajstić information content (AvgIpc) is 3.21. The summed E-state index contributed by atoms with van der Waals surface area (Å²) in [6, 6.07) is 12.5. The smallest absolute Gasteiger partial charge is 0.277 e. The molecule has 0 radical (unpaired) electrons. The number of benzene rings is 2. The van der Waals surface area contributed by atoms with Gasteiger partial charge in [-0.25, -0.2) is 13.4 Å². The first-order valence-corrected chi connectivity index (χ1v) is 11.9. The molecule has 0 saturated heterocycles. The lowest BCUT2D eigenvalue weighted by molar-refractivity contribution is 0.0981. The number of methoxy groups -OCH3 is 1. The van der Waals surface area contributed by atoms with Crippen LogP contribution in [0.25, 0.3) is 10.6 Å². The number of carbonyl (C=O) groups is 1. The van der Waals surface area contributed by atoms with Gasteiger partial charge in [-0.15, -0.1) is 11.3 Å². The number of hydrogen-bond acceptors (Lipinski definition) is 6. The van der Waals surface area contributed by atoms with Crippen molar-refractivity contribution in [3.05, 3.63) is 59.1 Å². The van der Waals surface area contributed by atoms with Crippen molar-refractivity contribution in [3.63, 3.8) is 0 Å². The summed E-state index contributed by atoms with van der Waals surface area (Å²) in [6.07, 6.45) is 2.70. The molecule has 0 spiro atoms. The van der Waals surface area contributed by atoms with Crippen molar-refractivity contribution in [1.82, 2.24) is 4.98 Å². The van der Waals surface area contributed by atoms with E-state index in [9.17, 15) is 13.2 Å². The Morgan fingerprint density at radius 1 is 1.21 bits per heavy atom. The Balaban J connectivity index is 1.66. The van der Waals surface area contributed by atoms with E-state index in [1.54, 1.807) is 35.6 Å². The van der Waals surface area contributed by atoms with Crippen LogP contribution in [0.1, 0.15) is 22.5 Å². The Kier molecular flexibility index (Phi) is 5.14. The van der Waals surface area contributed by atoms with Gasteiger partial charge in [-0.3, -0.25) is 4.79 Å². The van der Waals surface area contributed by atoms with Crippen LogP contribution in [0.2, 0.25) is 0 Å². The van der Waals surface area contributed by atoms with Gasteiger partial charge in [0.25, 0.3) is 5.91 Å². The summed E-state index contributed by atoms with van der Waals surface area (Å²) < 4.78 is 29.1. The number of amides is 1. The van der Waals surface area contributed by atoms with Gasteiger partial charge in [0.15, 0.2) is 9.84 Å². The van der Waals surface area contributed by atoms with Crippen LogP contribution >= 0.6 is 11.3 Å². The van der Waals surface area contributed by atoms with Gasteiger partial charge < -0.3 is 9.64 Å². The van der Waals surface area contributed by atoms with Crippen molar-refractivity contribution in [2.45, 2.75) is 17.7 Å². The minimum Gasteiger partial charge on any atom is -0.496 e. The van der Waals surface area contributed by atoms with Gasteiger partial charge in [0.05, 0.1) is 17.6 Å². The molecule has 3 aromatic rings. The number of para-hydroxylation sites is 1. The topological polar surface area (TPSA) is 76.6 Å². The first-order valence-electron chi connectivity index (χ1n) is 9.12. The van der Waals surface area contributed by atoms with Crippen molar-refractivity contribution in [2.24, 2.45) is 0 Å². The molecule has 0 aliphatic carbocycles. The summed E-state index contributed by atoms with van der Waals surface area (Å²) in [5.74, 6) is 0.521. The number of aromatic nitrogens is 1. The predicted octanol–water partition coefficient (Wildman–Crippen LogP) is 3.82. The number of ether oxygens (including phenoxy) is 1. The Labute approximate surface area is 173 Å². The molecule has 0 saturated carbocycles. The van der Waals surface area contributed by atoms with E-state index in [1.807, 2.05) is 24.3 Å². The lowest BCUT2D eigenvalue weighted by atomic mass is 10.0. The first kappa shape index (κ1) is 19.6. The van der Waals surface area contributed by atoms with Crippen molar-refractivity contribution in [2.75, 3.05) is 24.8 Å². The molecular weight excluding hydrogens is 408 g/mol. The summed E-state index contributed by atoms with van der Waals surface area (Å²) in [4.78, 5) is 19.7. The lowest BCUT2D eigenvalue weighted by Crippen LogP contribution is -2.35. The minimum absolute atomic E-state index is 0.185. The molecule has 4 rings (SSSR count). The zero-order chi connectivity index (χ0) is 20.6. The molecule has 1 aromatic heterocycles. The molecule has 29 heavy (non-hydrogen) atoms. The van der Waals surface area contributed by atoms with E-state index in [1.165, 1.54) is 17.6 Å². The van der Waals surface area contributed by atoms with E-state index in [0.717, 1.165) is 34.7 Å². The second-order valence-electron chi connectivity index (χ2n) is 6.86. The highest BCUT2D eigenvalue weighted by molar-refractivity contribution is 7.90. The third kappa shape index (κ3) is 3.77. The van der Waals surface area contributed by atoms with Gasteiger partial charge in [-0.1, -0.05) is 12.1 Å². The van der Waals surface area contributed by atoms with E-state index in [0.29, 0.717) is 18.0 Å². The van der Waals surface area contributed by atoms with Gasteiger partial charge in [-0.2, -0.15) is 0 Å². The van der Waals surface area contributed by atoms with E-state index in [2.05, 4.69) is 4.98 Å². The molecule has 0 bridgehead atoms. The van der Waals surface area contributed by atoms with Crippen molar-refractivity contribution in [3.8, 4) is 16.3 Å². The summed E-state index contributed by atoms with van der Waals surface area (Å²) >= 11 is 1.39. The molecule has 1 amide bonds. The van der Waals surface area contributed by atoms with E-state index >= 15 is 0 Å². The minimum atomic E-state index is -3.29. The number of aryl methyl sites for hydroxylation is 1. The number of rotatable bonds is 4. The summed E-state index contributed by atoms with van der Waals surface area (Å²) in [7, 11) is -1.68. The zero-order valence-corrected chi connectivity index (χ0v) is 17.7. The second-order valence-corrected chi connectivity index (χ2v) is 9.74. The van der Waals surface area contributed by atoms with Gasteiger partial charge in [0, 0.05) is 23.9 Å². The Morgan fingerprint density at radius 2 is 2.00 bits per heavy atom. The normalized spacial score (nSPS) is 13.8. The predicted molar refractivity (Wildman–Crippen MR) is 114 cm³/mol. The fourth-order valence-electron chi connectivity index (χ4n) is 3.47. The maximum atomic E-state index is 13.2. The first-order chi connectivity index (χ1) is 13.9. The van der Waals surface area contributed by atoms with E-state index < -0.39 is 9.84 Å². The quantitative estimate of drug-likeness (QED) is 0.631. The third-order valence-electron chi connectivity index (χ3n) is 4.90. The molecule has 2 aromatic carbocycles. The molecule has 0 unspecified atom stereocenters. The van der Waals surface area contributed by atoms with Crippen LogP contribution in [0.5, 0.6) is 5.75 Å². The van der Waals surface area contributed by atoms with Crippen molar-refractivity contribution in [1.29, 1.82) is 0 Å². The average molecular weight is 429 g/mol. The summed E-state index contributed by atoms with van der Waals surface area (Å²) in [5, 5.41) is 2.47. The maximum Gasteiger partial charge on any atom is 0.277 e. The van der Waals surface area contributed by atoms with E-state index in [-0.39, 0.29) is 10.8 Å². The van der Waals surface area contributed by atoms with Gasteiger partial charge >= 0.3 is 0 Å². The van der Waals surface area contributed by atoms with Gasteiger partial charge in [0.1, 0.15) is 16.5 Å². The molecule has 6 nitrogen and oxygen atoms in total. The second kappa shape index (κ2) is 7.61. The highest BCUT2D eigenvalue weighted by Gasteiger charge is 2.26. The van der Waals surface area contributed by atoms with Crippen LogP contribution in [-0.4, -0.2) is 39.2 Å². The molecule has 8 heteroatoms. The fourth-order valence-corrected chi connectivity index (χ4v) is 4.97. The molecule has 1 aliphatic rings. The molecule has 0 fully saturated rings. The number of anilines is 1. The lowest BCUT2D eigenvalue weighted by Gasteiger charge is -2.29. The molecular formula is C21H20N2O4S2. The largest absolute Gasteiger partial charge is 0.496 e. The number of sulfone groups is 1. The van der Waals surface area contributed by atoms with Crippen LogP contribution < -0.4 is 9.64 Å². The summed E-state index contributed by atoms with van der Waals surface area (Å²) in [6.45, 7) is 0.575.